The smallest absolute Gasteiger partial charge is 0.260 e. The first-order valence-electron chi connectivity index (χ1n) is 9.18. The zero-order valence-electron chi connectivity index (χ0n) is 17.4. The first-order valence-corrected chi connectivity index (χ1v) is 9.99. The van der Waals surface area contributed by atoms with Gasteiger partial charge in [-0.3, -0.25) is 9.69 Å². The van der Waals surface area contributed by atoms with Crippen molar-refractivity contribution in [3.8, 4) is 0 Å². The van der Waals surface area contributed by atoms with Gasteiger partial charge < -0.3 is 4.90 Å². The van der Waals surface area contributed by atoms with Crippen molar-refractivity contribution in [3.05, 3.63) is 58.1 Å². The third-order valence-electron chi connectivity index (χ3n) is 4.99. The van der Waals surface area contributed by atoms with E-state index in [0.717, 1.165) is 27.5 Å². The van der Waals surface area contributed by atoms with E-state index in [9.17, 15) is 4.79 Å². The number of rotatable bonds is 5. The van der Waals surface area contributed by atoms with Gasteiger partial charge in [-0.1, -0.05) is 17.4 Å². The molecule has 0 atom stereocenters. The minimum absolute atomic E-state index is 0. The fraction of sp³-hybridized carbons (Fsp3) is 0.364. The summed E-state index contributed by atoms with van der Waals surface area (Å²) in [4.78, 5) is 22.0. The molecule has 0 aliphatic heterocycles. The minimum atomic E-state index is 0. The summed E-state index contributed by atoms with van der Waals surface area (Å²) in [5, 5.41) is 0.764. The van der Waals surface area contributed by atoms with Gasteiger partial charge in [-0.25, -0.2) is 4.98 Å². The summed E-state index contributed by atoms with van der Waals surface area (Å²) < 4.78 is 1.12. The van der Waals surface area contributed by atoms with Gasteiger partial charge in [0.15, 0.2) is 5.13 Å². The van der Waals surface area contributed by atoms with Crippen molar-refractivity contribution in [1.82, 2.24) is 9.88 Å². The molecular weight excluding hydrogens is 390 g/mol. The molecule has 0 saturated carbocycles. The number of carbonyl (C=O) groups is 1. The van der Waals surface area contributed by atoms with Crippen LogP contribution < -0.4 is 4.90 Å². The third-order valence-corrected chi connectivity index (χ3v) is 6.03. The molecule has 1 amide bonds. The largest absolute Gasteiger partial charge is 0.308 e. The molecule has 1 heterocycles. The molecule has 0 N–H and O–H groups in total. The second-order valence-corrected chi connectivity index (χ2v) is 8.47. The van der Waals surface area contributed by atoms with Gasteiger partial charge in [0.05, 0.1) is 10.2 Å². The number of aryl methyl sites for hydroxylation is 4. The van der Waals surface area contributed by atoms with Crippen LogP contribution in [0.5, 0.6) is 0 Å². The molecule has 2 aromatic carbocycles. The van der Waals surface area contributed by atoms with Crippen LogP contribution in [0.1, 0.15) is 32.6 Å². The predicted octanol–water partition coefficient (Wildman–Crippen LogP) is 5.16. The second-order valence-electron chi connectivity index (χ2n) is 7.46. The van der Waals surface area contributed by atoms with E-state index in [1.54, 1.807) is 11.3 Å². The van der Waals surface area contributed by atoms with Crippen molar-refractivity contribution in [3.63, 3.8) is 0 Å². The predicted molar refractivity (Wildman–Crippen MR) is 122 cm³/mol. The van der Waals surface area contributed by atoms with Crippen molar-refractivity contribution in [1.29, 1.82) is 0 Å². The Morgan fingerprint density at radius 3 is 2.21 bits per heavy atom. The lowest BCUT2D eigenvalue weighted by atomic mass is 10.1. The van der Waals surface area contributed by atoms with Crippen molar-refractivity contribution >= 4 is 45.0 Å². The Bertz CT molecular complexity index is 958. The maximum Gasteiger partial charge on any atom is 0.260 e. The van der Waals surface area contributed by atoms with Crippen molar-refractivity contribution in [2.45, 2.75) is 27.7 Å². The average molecular weight is 418 g/mol. The Kier molecular flexibility index (Phi) is 7.21. The third kappa shape index (κ3) is 4.72. The Hall–Kier alpha value is -1.95. The van der Waals surface area contributed by atoms with Gasteiger partial charge in [-0.2, -0.15) is 0 Å². The molecule has 3 rings (SSSR count). The van der Waals surface area contributed by atoms with Crippen LogP contribution in [0.4, 0.5) is 5.13 Å². The molecule has 0 bridgehead atoms. The van der Waals surface area contributed by atoms with Crippen LogP contribution in [0.2, 0.25) is 0 Å². The zero-order valence-corrected chi connectivity index (χ0v) is 19.0. The number of hydrogen-bond donors (Lipinski definition) is 0. The van der Waals surface area contributed by atoms with E-state index in [4.69, 9.17) is 4.98 Å². The topological polar surface area (TPSA) is 36.4 Å². The molecule has 3 aromatic rings. The highest BCUT2D eigenvalue weighted by Gasteiger charge is 2.22. The number of nitrogens with zero attached hydrogens (tertiary/aromatic N) is 3. The fourth-order valence-electron chi connectivity index (χ4n) is 2.90. The number of hydrogen-bond acceptors (Lipinski definition) is 4. The Labute approximate surface area is 177 Å². The molecule has 4 nitrogen and oxygen atoms in total. The Balaban J connectivity index is 0.00000280. The van der Waals surface area contributed by atoms with Crippen LogP contribution in [-0.2, 0) is 0 Å². The van der Waals surface area contributed by atoms with E-state index >= 15 is 0 Å². The molecule has 0 fully saturated rings. The summed E-state index contributed by atoms with van der Waals surface area (Å²) in [5.74, 6) is 0.00690. The highest BCUT2D eigenvalue weighted by Crippen LogP contribution is 2.31. The van der Waals surface area contributed by atoms with Gasteiger partial charge in [-0.15, -0.1) is 12.4 Å². The van der Waals surface area contributed by atoms with Gasteiger partial charge >= 0.3 is 0 Å². The van der Waals surface area contributed by atoms with Crippen LogP contribution in [0.3, 0.4) is 0 Å². The number of thiazole rings is 1. The lowest BCUT2D eigenvalue weighted by Crippen LogP contribution is -2.36. The maximum atomic E-state index is 13.3. The number of anilines is 1. The van der Waals surface area contributed by atoms with Crippen LogP contribution >= 0.6 is 23.7 Å². The summed E-state index contributed by atoms with van der Waals surface area (Å²) in [6.07, 6.45) is 0. The van der Waals surface area contributed by atoms with E-state index in [1.165, 1.54) is 16.7 Å². The summed E-state index contributed by atoms with van der Waals surface area (Å²) >= 11 is 1.59. The Morgan fingerprint density at radius 1 is 0.929 bits per heavy atom. The van der Waals surface area contributed by atoms with Crippen molar-refractivity contribution in [2.75, 3.05) is 32.1 Å². The molecular formula is C22H28ClN3OS. The monoisotopic (exact) mass is 417 g/mol. The van der Waals surface area contributed by atoms with E-state index in [1.807, 2.05) is 44.1 Å². The lowest BCUT2D eigenvalue weighted by molar-refractivity contribution is 0.0985. The lowest BCUT2D eigenvalue weighted by Gasteiger charge is -2.22. The van der Waals surface area contributed by atoms with Crippen molar-refractivity contribution in [2.24, 2.45) is 0 Å². The zero-order chi connectivity index (χ0) is 19.7. The second kappa shape index (κ2) is 9.03. The summed E-state index contributed by atoms with van der Waals surface area (Å²) in [5.41, 5.74) is 6.46. The Morgan fingerprint density at radius 2 is 1.57 bits per heavy atom. The number of halogens is 1. The van der Waals surface area contributed by atoms with E-state index in [0.29, 0.717) is 12.1 Å². The highest BCUT2D eigenvalue weighted by atomic mass is 35.5. The van der Waals surface area contributed by atoms with Crippen LogP contribution in [-0.4, -0.2) is 43.0 Å². The number of aromatic nitrogens is 1. The number of likely N-dealkylation sites (N-methyl/N-ethyl adjacent to an activating group) is 1. The van der Waals surface area contributed by atoms with Crippen LogP contribution in [0.15, 0.2) is 30.3 Å². The molecule has 0 unspecified atom stereocenters. The molecule has 6 heteroatoms. The summed E-state index contributed by atoms with van der Waals surface area (Å²) in [6.45, 7) is 9.70. The molecule has 150 valence electrons. The molecule has 0 radical (unpaired) electrons. The van der Waals surface area contributed by atoms with Gasteiger partial charge in [0.1, 0.15) is 0 Å². The van der Waals surface area contributed by atoms with E-state index in [2.05, 4.69) is 37.8 Å². The van der Waals surface area contributed by atoms with Gasteiger partial charge in [0.25, 0.3) is 5.91 Å². The molecule has 1 aromatic heterocycles. The standard InChI is InChI=1S/C22H27N3OS.ClH/c1-14-7-8-18(11-15(14)2)21(26)25(10-9-24(5)6)22-23-19-12-16(3)17(4)13-20(19)27-22;/h7-8,11-13H,9-10H2,1-6H3;1H. The van der Waals surface area contributed by atoms with Crippen LogP contribution in [0.25, 0.3) is 10.2 Å². The van der Waals surface area contributed by atoms with Crippen LogP contribution in [0, 0.1) is 27.7 Å². The molecule has 0 aliphatic rings. The minimum Gasteiger partial charge on any atom is -0.308 e. The quantitative estimate of drug-likeness (QED) is 0.575. The van der Waals surface area contributed by atoms with Gasteiger partial charge in [0, 0.05) is 18.7 Å². The number of amides is 1. The van der Waals surface area contributed by atoms with E-state index in [-0.39, 0.29) is 18.3 Å². The highest BCUT2D eigenvalue weighted by molar-refractivity contribution is 7.22. The van der Waals surface area contributed by atoms with Gasteiger partial charge in [-0.05, 0) is 88.3 Å². The molecule has 28 heavy (non-hydrogen) atoms. The number of carbonyl (C=O) groups excluding carboxylic acids is 1. The fourth-order valence-corrected chi connectivity index (χ4v) is 3.97. The molecule has 0 saturated heterocycles. The number of benzene rings is 2. The van der Waals surface area contributed by atoms with E-state index < -0.39 is 0 Å². The summed E-state index contributed by atoms with van der Waals surface area (Å²) in [6, 6.07) is 10.2. The first kappa shape index (κ1) is 22.3. The SMILES string of the molecule is Cc1ccc(C(=O)N(CCN(C)C)c2nc3cc(C)c(C)cc3s2)cc1C.Cl. The number of fused-ring (bicyclic) bond motifs is 1. The van der Waals surface area contributed by atoms with Crippen molar-refractivity contribution < 1.29 is 4.79 Å². The summed E-state index contributed by atoms with van der Waals surface area (Å²) in [7, 11) is 4.04. The average Bonchev–Trinajstić information content (AvgIpc) is 2.99. The van der Waals surface area contributed by atoms with Gasteiger partial charge in [0.2, 0.25) is 0 Å². The molecule has 0 spiro atoms. The maximum absolute atomic E-state index is 13.3. The molecule has 0 aliphatic carbocycles. The normalized spacial score (nSPS) is 11.0. The first-order chi connectivity index (χ1) is 12.8.